The Kier molecular flexibility index (Phi) is 4.24. The Balaban J connectivity index is 1.60. The zero-order chi connectivity index (χ0) is 21.0. The van der Waals surface area contributed by atoms with Crippen LogP contribution in [0.4, 0.5) is 0 Å². The highest BCUT2D eigenvalue weighted by Crippen LogP contribution is 2.48. The minimum atomic E-state index is -0.457. The molecular weight excluding hydrogens is 404 g/mol. The van der Waals surface area contributed by atoms with E-state index in [4.69, 9.17) is 16.1 Å². The van der Waals surface area contributed by atoms with Gasteiger partial charge in [0.1, 0.15) is 0 Å². The van der Waals surface area contributed by atoms with Crippen molar-refractivity contribution in [3.8, 4) is 17.0 Å². The summed E-state index contributed by atoms with van der Waals surface area (Å²) in [6.45, 7) is 1.87. The van der Waals surface area contributed by atoms with Crippen molar-refractivity contribution in [1.29, 1.82) is 0 Å². The average Bonchev–Trinajstić information content (AvgIpc) is 3.32. The number of H-pyrrole nitrogens is 1. The van der Waals surface area contributed by atoms with Crippen LogP contribution in [0.1, 0.15) is 40.2 Å². The lowest BCUT2D eigenvalue weighted by Gasteiger charge is -2.13. The van der Waals surface area contributed by atoms with Crippen LogP contribution in [0, 0.1) is 6.92 Å². The van der Waals surface area contributed by atoms with Crippen molar-refractivity contribution < 1.29 is 19.5 Å². The smallest absolute Gasteiger partial charge is 0.237 e. The molecule has 4 aromatic rings. The number of aliphatic hydroxyl groups excluding tert-OH is 1. The first kappa shape index (κ1) is 18.9. The Labute approximate surface area is 177 Å². The summed E-state index contributed by atoms with van der Waals surface area (Å²) >= 11 is 6.51. The average molecular weight is 423 g/mol. The Hall–Kier alpha value is -3.09. The minimum absolute atomic E-state index is 0.0586. The van der Waals surface area contributed by atoms with Crippen LogP contribution in [-0.2, 0) is 5.41 Å². The van der Waals surface area contributed by atoms with Gasteiger partial charge in [-0.15, -0.1) is 0 Å². The van der Waals surface area contributed by atoms with Crippen LogP contribution in [0.3, 0.4) is 0 Å². The summed E-state index contributed by atoms with van der Waals surface area (Å²) in [7, 11) is 0. The number of halogens is 1. The first-order chi connectivity index (χ1) is 14.4. The number of carbonyl (C=O) groups excluding carboxylic acids is 1. The molecule has 2 aromatic carbocycles. The molecule has 2 aromatic heterocycles. The van der Waals surface area contributed by atoms with E-state index in [9.17, 15) is 15.0 Å². The number of aliphatic hydroxyl groups is 1. The lowest BCUT2D eigenvalue weighted by atomic mass is 9.94. The fraction of sp³-hybridized carbons (Fsp3) is 0.217. The summed E-state index contributed by atoms with van der Waals surface area (Å²) in [6.07, 6.45) is 1.98. The van der Waals surface area contributed by atoms with Crippen LogP contribution >= 0.6 is 11.6 Å². The number of hydrogen-bond acceptors (Lipinski definition) is 5. The maximum Gasteiger partial charge on any atom is 0.237 e. The van der Waals surface area contributed by atoms with Crippen LogP contribution in [0.25, 0.3) is 22.0 Å². The first-order valence-corrected chi connectivity index (χ1v) is 10.0. The number of carbonyl (C=O) groups is 1. The molecule has 2 heterocycles. The number of ketones is 1. The molecule has 0 radical (unpaired) electrons. The van der Waals surface area contributed by atoms with Crippen molar-refractivity contribution in [2.45, 2.75) is 25.2 Å². The second-order valence-corrected chi connectivity index (χ2v) is 8.31. The molecule has 0 unspecified atom stereocenters. The number of nitrogens with one attached hydrogen (secondary N) is 1. The van der Waals surface area contributed by atoms with Gasteiger partial charge < -0.3 is 19.7 Å². The molecule has 7 heteroatoms. The van der Waals surface area contributed by atoms with Crippen molar-refractivity contribution in [2.24, 2.45) is 0 Å². The predicted molar refractivity (Wildman–Crippen MR) is 113 cm³/mol. The number of aromatic nitrogens is 2. The quantitative estimate of drug-likeness (QED) is 0.403. The third-order valence-corrected chi connectivity index (χ3v) is 6.22. The van der Waals surface area contributed by atoms with Gasteiger partial charge in [-0.1, -0.05) is 41.0 Å². The monoisotopic (exact) mass is 422 g/mol. The van der Waals surface area contributed by atoms with Gasteiger partial charge in [0.2, 0.25) is 17.4 Å². The normalized spacial score (nSPS) is 14.9. The fourth-order valence-electron chi connectivity index (χ4n) is 3.94. The number of benzene rings is 2. The SMILES string of the molecule is Cc1cc(C(=O)c2c(O)[nH]c3cc(Cl)c(-c4ccc(C5(CO)CC5)cc4)cc23)on1. The zero-order valence-corrected chi connectivity index (χ0v) is 17.0. The molecule has 152 valence electrons. The molecule has 0 bridgehead atoms. The van der Waals surface area contributed by atoms with Gasteiger partial charge in [0.05, 0.1) is 28.4 Å². The molecule has 1 aliphatic carbocycles. The fourth-order valence-corrected chi connectivity index (χ4v) is 4.21. The standard InChI is InChI=1S/C23H19ClN2O4/c1-12-8-19(30-26-12)21(28)20-16-9-15(17(24)10-18(16)25-22(20)29)13-2-4-14(5-3-13)23(11-27)6-7-23/h2-5,8-10,25,27,29H,6-7,11H2,1H3. The van der Waals surface area contributed by atoms with Gasteiger partial charge in [-0.05, 0) is 43.0 Å². The Morgan fingerprint density at radius 3 is 2.57 bits per heavy atom. The van der Waals surface area contributed by atoms with Crippen LogP contribution in [0.5, 0.6) is 5.88 Å². The minimum Gasteiger partial charge on any atom is -0.494 e. The Morgan fingerprint density at radius 1 is 1.23 bits per heavy atom. The molecule has 0 spiro atoms. The highest BCUT2D eigenvalue weighted by Gasteiger charge is 2.43. The lowest BCUT2D eigenvalue weighted by molar-refractivity contribution is 0.0999. The van der Waals surface area contributed by atoms with E-state index < -0.39 is 5.78 Å². The van der Waals surface area contributed by atoms with E-state index in [1.807, 2.05) is 24.3 Å². The largest absolute Gasteiger partial charge is 0.494 e. The zero-order valence-electron chi connectivity index (χ0n) is 16.2. The third-order valence-electron chi connectivity index (χ3n) is 5.91. The molecule has 1 fully saturated rings. The van der Waals surface area contributed by atoms with E-state index in [1.165, 1.54) is 6.07 Å². The summed E-state index contributed by atoms with van der Waals surface area (Å²) < 4.78 is 5.08. The van der Waals surface area contributed by atoms with Crippen molar-refractivity contribution in [2.75, 3.05) is 6.61 Å². The molecule has 5 rings (SSSR count). The number of fused-ring (bicyclic) bond motifs is 1. The molecule has 0 aliphatic heterocycles. The summed E-state index contributed by atoms with van der Waals surface area (Å²) in [5, 5.41) is 24.8. The molecule has 1 saturated carbocycles. The molecule has 6 nitrogen and oxygen atoms in total. The third kappa shape index (κ3) is 2.91. The number of rotatable bonds is 5. The summed E-state index contributed by atoms with van der Waals surface area (Å²) in [4.78, 5) is 15.7. The van der Waals surface area contributed by atoms with Gasteiger partial charge in [0.15, 0.2) is 0 Å². The number of aromatic hydroxyl groups is 1. The number of hydrogen-bond donors (Lipinski definition) is 3. The second kappa shape index (κ2) is 6.72. The van der Waals surface area contributed by atoms with Crippen LogP contribution in [0.15, 0.2) is 47.0 Å². The van der Waals surface area contributed by atoms with Gasteiger partial charge in [0.25, 0.3) is 0 Å². The molecule has 0 saturated heterocycles. The van der Waals surface area contributed by atoms with Gasteiger partial charge in [-0.25, -0.2) is 0 Å². The van der Waals surface area contributed by atoms with Crippen molar-refractivity contribution in [3.05, 3.63) is 70.1 Å². The highest BCUT2D eigenvalue weighted by atomic mass is 35.5. The second-order valence-electron chi connectivity index (χ2n) is 7.90. The molecule has 0 amide bonds. The van der Waals surface area contributed by atoms with E-state index >= 15 is 0 Å². The van der Waals surface area contributed by atoms with Gasteiger partial charge in [-0.3, -0.25) is 4.79 Å². The van der Waals surface area contributed by atoms with Crippen molar-refractivity contribution >= 4 is 28.3 Å². The molecule has 0 atom stereocenters. The lowest BCUT2D eigenvalue weighted by Crippen LogP contribution is -2.11. The molecule has 3 N–H and O–H groups in total. The predicted octanol–water partition coefficient (Wildman–Crippen LogP) is 4.75. The van der Waals surface area contributed by atoms with Gasteiger partial charge >= 0.3 is 0 Å². The van der Waals surface area contributed by atoms with Crippen LogP contribution < -0.4 is 0 Å². The summed E-state index contributed by atoms with van der Waals surface area (Å²) in [6, 6.07) is 13.0. The maximum atomic E-state index is 12.9. The summed E-state index contributed by atoms with van der Waals surface area (Å²) in [5.74, 6) is -0.642. The molecule has 1 aliphatic rings. The van der Waals surface area contributed by atoms with Crippen LogP contribution in [-0.4, -0.2) is 32.7 Å². The van der Waals surface area contributed by atoms with E-state index in [0.29, 0.717) is 21.6 Å². The number of aryl methyl sites for hydroxylation is 1. The molecular formula is C23H19ClN2O4. The van der Waals surface area contributed by atoms with Gasteiger partial charge in [0, 0.05) is 22.4 Å². The number of nitrogens with zero attached hydrogens (tertiary/aromatic N) is 1. The van der Waals surface area contributed by atoms with Crippen molar-refractivity contribution in [1.82, 2.24) is 10.1 Å². The van der Waals surface area contributed by atoms with Gasteiger partial charge in [-0.2, -0.15) is 0 Å². The number of aromatic amines is 1. The van der Waals surface area contributed by atoms with E-state index in [0.717, 1.165) is 29.5 Å². The topological polar surface area (TPSA) is 99.3 Å². The van der Waals surface area contributed by atoms with Crippen LogP contribution in [0.2, 0.25) is 5.02 Å². The van der Waals surface area contributed by atoms with E-state index in [-0.39, 0.29) is 29.2 Å². The first-order valence-electron chi connectivity index (χ1n) is 9.66. The van der Waals surface area contributed by atoms with E-state index in [2.05, 4.69) is 10.1 Å². The Morgan fingerprint density at radius 2 is 1.97 bits per heavy atom. The van der Waals surface area contributed by atoms with Crippen molar-refractivity contribution in [3.63, 3.8) is 0 Å². The summed E-state index contributed by atoms with van der Waals surface area (Å²) in [5.41, 5.74) is 3.88. The van der Waals surface area contributed by atoms with E-state index in [1.54, 1.807) is 19.1 Å². The highest BCUT2D eigenvalue weighted by molar-refractivity contribution is 6.34. The molecule has 30 heavy (non-hydrogen) atoms. The Bertz CT molecular complexity index is 1280. The maximum absolute atomic E-state index is 12.9.